The Labute approximate surface area is 177 Å². The first-order valence-corrected chi connectivity index (χ1v) is 11.4. The molecule has 8 heteroatoms. The van der Waals surface area contributed by atoms with Crippen LogP contribution in [0.25, 0.3) is 0 Å². The summed E-state index contributed by atoms with van der Waals surface area (Å²) in [5.41, 5.74) is 1.03. The molecule has 0 radical (unpaired) electrons. The van der Waals surface area contributed by atoms with Crippen molar-refractivity contribution in [3.8, 4) is 5.75 Å². The third-order valence-corrected chi connectivity index (χ3v) is 5.67. The molecule has 29 heavy (non-hydrogen) atoms. The highest BCUT2D eigenvalue weighted by Gasteiger charge is 2.24. The van der Waals surface area contributed by atoms with Crippen LogP contribution in [0.1, 0.15) is 24.8 Å². The molecule has 1 saturated heterocycles. The highest BCUT2D eigenvalue weighted by molar-refractivity contribution is 7.98. The first-order valence-electron chi connectivity index (χ1n) is 10.0. The van der Waals surface area contributed by atoms with Crippen LogP contribution < -0.4 is 15.4 Å². The molecule has 1 amide bonds. The number of hydrogen-bond acceptors (Lipinski definition) is 7. The third-order valence-electron chi connectivity index (χ3n) is 5.03. The Kier molecular flexibility index (Phi) is 10.3. The number of amides is 1. The molecule has 1 aliphatic heterocycles. The maximum absolute atomic E-state index is 12.7. The van der Waals surface area contributed by atoms with Gasteiger partial charge in [0.1, 0.15) is 11.8 Å². The lowest BCUT2D eigenvalue weighted by molar-refractivity contribution is -0.145. The van der Waals surface area contributed by atoms with Crippen LogP contribution in [0, 0.1) is 0 Å². The molecule has 1 aromatic carbocycles. The molecule has 0 aliphatic carbocycles. The van der Waals surface area contributed by atoms with Crippen LogP contribution in [0.2, 0.25) is 0 Å². The standard InChI is InChI=1S/C21H33N3O4S/c1-27-19-9-5-4-7-16(19)13-24(14-17-8-6-11-22-17)15-20(25)23-18(10-12-29-3)21(26)28-2/h4-5,7,9,17-18,22H,6,8,10-15H2,1-3H3,(H,23,25)/t17-,18-/m0/s1. The minimum Gasteiger partial charge on any atom is -0.496 e. The number of rotatable bonds is 12. The number of ether oxygens (including phenoxy) is 2. The van der Waals surface area contributed by atoms with Gasteiger partial charge in [-0.3, -0.25) is 9.69 Å². The Morgan fingerprint density at radius 2 is 2.14 bits per heavy atom. The van der Waals surface area contributed by atoms with Crippen LogP contribution >= 0.6 is 11.8 Å². The van der Waals surface area contributed by atoms with Gasteiger partial charge < -0.3 is 20.1 Å². The maximum atomic E-state index is 12.7. The zero-order valence-corrected chi connectivity index (χ0v) is 18.4. The number of esters is 1. The highest BCUT2D eigenvalue weighted by atomic mass is 32.2. The van der Waals surface area contributed by atoms with E-state index in [9.17, 15) is 9.59 Å². The average molecular weight is 424 g/mol. The van der Waals surface area contributed by atoms with E-state index < -0.39 is 12.0 Å². The second-order valence-electron chi connectivity index (χ2n) is 7.20. The number of methoxy groups -OCH3 is 2. The molecule has 1 aliphatic rings. The summed E-state index contributed by atoms with van der Waals surface area (Å²) < 4.78 is 10.3. The predicted molar refractivity (Wildman–Crippen MR) is 116 cm³/mol. The quantitative estimate of drug-likeness (QED) is 0.495. The smallest absolute Gasteiger partial charge is 0.328 e. The van der Waals surface area contributed by atoms with Gasteiger partial charge in [0.15, 0.2) is 0 Å². The number of nitrogens with one attached hydrogen (secondary N) is 2. The van der Waals surface area contributed by atoms with Crippen molar-refractivity contribution in [1.82, 2.24) is 15.5 Å². The number of para-hydroxylation sites is 1. The van der Waals surface area contributed by atoms with Crippen LogP contribution in [-0.2, 0) is 20.9 Å². The summed E-state index contributed by atoms with van der Waals surface area (Å²) in [4.78, 5) is 26.9. The van der Waals surface area contributed by atoms with Gasteiger partial charge in [0.05, 0.1) is 20.8 Å². The predicted octanol–water partition coefficient (Wildman–Crippen LogP) is 1.66. The summed E-state index contributed by atoms with van der Waals surface area (Å²) in [6.07, 6.45) is 4.77. The highest BCUT2D eigenvalue weighted by Crippen LogP contribution is 2.20. The minimum absolute atomic E-state index is 0.172. The van der Waals surface area contributed by atoms with Gasteiger partial charge in [0, 0.05) is 24.7 Å². The maximum Gasteiger partial charge on any atom is 0.328 e. The van der Waals surface area contributed by atoms with E-state index in [4.69, 9.17) is 9.47 Å². The number of benzene rings is 1. The first-order chi connectivity index (χ1) is 14.1. The molecular weight excluding hydrogens is 390 g/mol. The number of nitrogens with zero attached hydrogens (tertiary/aromatic N) is 1. The molecule has 1 fully saturated rings. The number of carbonyl (C=O) groups excluding carboxylic acids is 2. The van der Waals surface area contributed by atoms with Crippen LogP contribution in [0.15, 0.2) is 24.3 Å². The van der Waals surface area contributed by atoms with Crippen LogP contribution in [0.4, 0.5) is 0 Å². The summed E-state index contributed by atoms with van der Waals surface area (Å²) in [7, 11) is 3.00. The molecule has 0 bridgehead atoms. The van der Waals surface area contributed by atoms with Gasteiger partial charge in [0.2, 0.25) is 5.91 Å². The molecule has 0 spiro atoms. The summed E-state index contributed by atoms with van der Waals surface area (Å²) >= 11 is 1.63. The largest absolute Gasteiger partial charge is 0.496 e. The Morgan fingerprint density at radius 3 is 2.79 bits per heavy atom. The zero-order valence-electron chi connectivity index (χ0n) is 17.6. The van der Waals surface area contributed by atoms with Gasteiger partial charge in [-0.15, -0.1) is 0 Å². The van der Waals surface area contributed by atoms with Crippen molar-refractivity contribution in [3.05, 3.63) is 29.8 Å². The van der Waals surface area contributed by atoms with Gasteiger partial charge in [0.25, 0.3) is 0 Å². The number of hydrogen-bond donors (Lipinski definition) is 2. The van der Waals surface area contributed by atoms with Gasteiger partial charge in [-0.05, 0) is 43.9 Å². The van der Waals surface area contributed by atoms with Crippen LogP contribution in [-0.4, -0.2) is 74.7 Å². The number of carbonyl (C=O) groups is 2. The zero-order chi connectivity index (χ0) is 21.1. The summed E-state index contributed by atoms with van der Waals surface area (Å²) in [6, 6.07) is 7.60. The van der Waals surface area contributed by atoms with E-state index in [1.54, 1.807) is 18.9 Å². The molecule has 1 heterocycles. The normalized spacial score (nSPS) is 17.2. The van der Waals surface area contributed by atoms with E-state index in [0.29, 0.717) is 19.0 Å². The summed E-state index contributed by atoms with van der Waals surface area (Å²) in [5, 5.41) is 6.34. The van der Waals surface area contributed by atoms with Gasteiger partial charge in [-0.1, -0.05) is 18.2 Å². The van der Waals surface area contributed by atoms with Gasteiger partial charge in [-0.25, -0.2) is 4.79 Å². The summed E-state index contributed by atoms with van der Waals surface area (Å²) in [6.45, 7) is 2.59. The van der Waals surface area contributed by atoms with Crippen molar-refractivity contribution in [2.75, 3.05) is 45.9 Å². The monoisotopic (exact) mass is 423 g/mol. The lowest BCUT2D eigenvalue weighted by atomic mass is 10.1. The Balaban J connectivity index is 2.04. The molecule has 7 nitrogen and oxygen atoms in total. The fourth-order valence-corrected chi connectivity index (χ4v) is 4.03. The second-order valence-corrected chi connectivity index (χ2v) is 8.19. The van der Waals surface area contributed by atoms with E-state index in [1.165, 1.54) is 7.11 Å². The van der Waals surface area contributed by atoms with Crippen LogP contribution in [0.5, 0.6) is 5.75 Å². The molecule has 0 aromatic heterocycles. The lowest BCUT2D eigenvalue weighted by Crippen LogP contribution is -2.48. The van der Waals surface area contributed by atoms with Crippen LogP contribution in [0.3, 0.4) is 0 Å². The Morgan fingerprint density at radius 1 is 1.34 bits per heavy atom. The van der Waals surface area contributed by atoms with Crippen molar-refractivity contribution in [2.45, 2.75) is 37.9 Å². The van der Waals surface area contributed by atoms with E-state index >= 15 is 0 Å². The lowest BCUT2D eigenvalue weighted by Gasteiger charge is -2.26. The molecular formula is C21H33N3O4S. The summed E-state index contributed by atoms with van der Waals surface area (Å²) in [5.74, 6) is 1.01. The number of thioether (sulfide) groups is 1. The Bertz CT molecular complexity index is 653. The van der Waals surface area contributed by atoms with Crippen molar-refractivity contribution in [1.29, 1.82) is 0 Å². The molecule has 2 atom stereocenters. The molecule has 0 saturated carbocycles. The van der Waals surface area contributed by atoms with Crippen molar-refractivity contribution in [2.24, 2.45) is 0 Å². The fraction of sp³-hybridized carbons (Fsp3) is 0.619. The molecule has 2 rings (SSSR count). The van der Waals surface area contributed by atoms with Gasteiger partial charge in [-0.2, -0.15) is 11.8 Å². The molecule has 2 N–H and O–H groups in total. The van der Waals surface area contributed by atoms with Crippen molar-refractivity contribution in [3.63, 3.8) is 0 Å². The van der Waals surface area contributed by atoms with E-state index in [1.807, 2.05) is 30.5 Å². The Hall–Kier alpha value is -1.77. The third kappa shape index (κ3) is 7.87. The van der Waals surface area contributed by atoms with Crippen molar-refractivity contribution >= 4 is 23.6 Å². The van der Waals surface area contributed by atoms with Gasteiger partial charge >= 0.3 is 5.97 Å². The average Bonchev–Trinajstić information content (AvgIpc) is 3.23. The van der Waals surface area contributed by atoms with E-state index in [0.717, 1.165) is 43.0 Å². The van der Waals surface area contributed by atoms with Crippen molar-refractivity contribution < 1.29 is 19.1 Å². The SMILES string of the molecule is COC(=O)[C@H](CCSC)NC(=O)CN(Cc1ccccc1OC)C[C@@H]1CCCN1. The minimum atomic E-state index is -0.613. The molecule has 1 aromatic rings. The van der Waals surface area contributed by atoms with E-state index in [-0.39, 0.29) is 12.5 Å². The molecule has 162 valence electrons. The molecule has 0 unspecified atom stereocenters. The second kappa shape index (κ2) is 12.7. The first kappa shape index (κ1) is 23.5. The van der Waals surface area contributed by atoms with E-state index in [2.05, 4.69) is 15.5 Å². The topological polar surface area (TPSA) is 79.9 Å². The fourth-order valence-electron chi connectivity index (χ4n) is 3.55.